The second-order valence-electron chi connectivity index (χ2n) is 5.17. The fourth-order valence-electron chi connectivity index (χ4n) is 2.20. The van der Waals surface area contributed by atoms with Crippen molar-refractivity contribution >= 4 is 37.5 Å². The number of rotatable bonds is 7. The van der Waals surface area contributed by atoms with Gasteiger partial charge in [0.05, 0.1) is 18.6 Å². The molecule has 0 heterocycles. The lowest BCUT2D eigenvalue weighted by molar-refractivity contribution is -0.116. The maximum atomic E-state index is 12.7. The standard InChI is InChI=1S/C17H19BrN2O4S/c1-3-20(25(22,23)16-9-4-6-13(18)10-16)12-17(21)19-14-7-5-8-15(11-14)24-2/h4-11H,3,12H2,1-2H3,(H,19,21). The second-order valence-corrected chi connectivity index (χ2v) is 8.02. The van der Waals surface area contributed by atoms with Crippen molar-refractivity contribution in [2.75, 3.05) is 25.5 Å². The molecule has 0 atom stereocenters. The third-order valence-electron chi connectivity index (χ3n) is 3.46. The van der Waals surface area contributed by atoms with Crippen LogP contribution in [0.1, 0.15) is 6.92 Å². The van der Waals surface area contributed by atoms with E-state index in [-0.39, 0.29) is 18.0 Å². The Morgan fingerprint density at radius 3 is 2.56 bits per heavy atom. The first-order valence-electron chi connectivity index (χ1n) is 7.56. The zero-order valence-electron chi connectivity index (χ0n) is 13.9. The number of hydrogen-bond donors (Lipinski definition) is 1. The third kappa shape index (κ3) is 5.04. The van der Waals surface area contributed by atoms with Crippen LogP contribution in [0.15, 0.2) is 57.9 Å². The van der Waals surface area contributed by atoms with Crippen molar-refractivity contribution in [3.8, 4) is 5.75 Å². The van der Waals surface area contributed by atoms with Crippen molar-refractivity contribution in [2.24, 2.45) is 0 Å². The number of likely N-dealkylation sites (N-methyl/N-ethyl adjacent to an activating group) is 1. The number of hydrogen-bond acceptors (Lipinski definition) is 4. The first-order chi connectivity index (χ1) is 11.9. The zero-order valence-corrected chi connectivity index (χ0v) is 16.3. The Balaban J connectivity index is 2.14. The monoisotopic (exact) mass is 426 g/mol. The number of halogens is 1. The summed E-state index contributed by atoms with van der Waals surface area (Å²) in [6.07, 6.45) is 0. The maximum absolute atomic E-state index is 12.7. The maximum Gasteiger partial charge on any atom is 0.243 e. The van der Waals surface area contributed by atoms with Crippen molar-refractivity contribution in [3.63, 3.8) is 0 Å². The number of anilines is 1. The molecule has 0 saturated heterocycles. The Bertz CT molecular complexity index is 855. The zero-order chi connectivity index (χ0) is 18.4. The number of sulfonamides is 1. The summed E-state index contributed by atoms with van der Waals surface area (Å²) in [4.78, 5) is 12.4. The van der Waals surface area contributed by atoms with E-state index in [1.807, 2.05) is 0 Å². The molecule has 6 nitrogen and oxygen atoms in total. The predicted molar refractivity (Wildman–Crippen MR) is 100 cm³/mol. The van der Waals surface area contributed by atoms with Gasteiger partial charge in [-0.15, -0.1) is 0 Å². The van der Waals surface area contributed by atoms with Crippen molar-refractivity contribution in [1.82, 2.24) is 4.31 Å². The highest BCUT2D eigenvalue weighted by atomic mass is 79.9. The van der Waals surface area contributed by atoms with Gasteiger partial charge in [-0.25, -0.2) is 8.42 Å². The molecule has 0 aliphatic heterocycles. The van der Waals surface area contributed by atoms with Crippen LogP contribution in [-0.4, -0.2) is 38.8 Å². The lowest BCUT2D eigenvalue weighted by atomic mass is 10.3. The van der Waals surface area contributed by atoms with Crippen LogP contribution in [0.2, 0.25) is 0 Å². The van der Waals surface area contributed by atoms with Gasteiger partial charge in [0.2, 0.25) is 15.9 Å². The summed E-state index contributed by atoms with van der Waals surface area (Å²) < 4.78 is 32.3. The van der Waals surface area contributed by atoms with Crippen molar-refractivity contribution in [1.29, 1.82) is 0 Å². The number of carbonyl (C=O) groups excluding carboxylic acids is 1. The first kappa shape index (κ1) is 19.4. The minimum absolute atomic E-state index is 0.137. The van der Waals surface area contributed by atoms with Gasteiger partial charge in [-0.3, -0.25) is 4.79 Å². The Labute approximate surface area is 156 Å². The minimum atomic E-state index is -3.76. The minimum Gasteiger partial charge on any atom is -0.497 e. The van der Waals surface area contributed by atoms with Gasteiger partial charge >= 0.3 is 0 Å². The highest BCUT2D eigenvalue weighted by Gasteiger charge is 2.25. The lowest BCUT2D eigenvalue weighted by Gasteiger charge is -2.20. The Morgan fingerprint density at radius 2 is 1.92 bits per heavy atom. The second kappa shape index (κ2) is 8.46. The van der Waals surface area contributed by atoms with Crippen LogP contribution in [0.4, 0.5) is 5.69 Å². The molecule has 0 bridgehead atoms. The van der Waals surface area contributed by atoms with Gasteiger partial charge in [-0.05, 0) is 30.3 Å². The Kier molecular flexibility index (Phi) is 6.57. The number of amides is 1. The lowest BCUT2D eigenvalue weighted by Crippen LogP contribution is -2.37. The summed E-state index contributed by atoms with van der Waals surface area (Å²) in [6, 6.07) is 13.3. The average molecular weight is 427 g/mol. The molecule has 0 radical (unpaired) electrons. The third-order valence-corrected chi connectivity index (χ3v) is 5.87. The summed E-state index contributed by atoms with van der Waals surface area (Å²) >= 11 is 3.26. The summed E-state index contributed by atoms with van der Waals surface area (Å²) in [5.74, 6) is 0.181. The van der Waals surface area contributed by atoms with E-state index < -0.39 is 15.9 Å². The highest BCUT2D eigenvalue weighted by molar-refractivity contribution is 9.10. The summed E-state index contributed by atoms with van der Waals surface area (Å²) in [7, 11) is -2.22. The largest absolute Gasteiger partial charge is 0.497 e. The number of carbonyl (C=O) groups is 1. The molecule has 2 aromatic carbocycles. The summed E-state index contributed by atoms with van der Waals surface area (Å²) in [6.45, 7) is 1.59. The molecule has 0 fully saturated rings. The molecule has 25 heavy (non-hydrogen) atoms. The van der Waals surface area contributed by atoms with Gasteiger partial charge in [0.1, 0.15) is 5.75 Å². The topological polar surface area (TPSA) is 75.7 Å². The van der Waals surface area contributed by atoms with Gasteiger partial charge < -0.3 is 10.1 Å². The SMILES string of the molecule is CCN(CC(=O)Nc1cccc(OC)c1)S(=O)(=O)c1cccc(Br)c1. The Morgan fingerprint density at radius 1 is 1.20 bits per heavy atom. The molecule has 0 saturated carbocycles. The van der Waals surface area contributed by atoms with E-state index in [4.69, 9.17) is 4.74 Å². The fraction of sp³-hybridized carbons (Fsp3) is 0.235. The molecule has 2 aromatic rings. The number of ether oxygens (including phenoxy) is 1. The van der Waals surface area contributed by atoms with Crippen molar-refractivity contribution in [2.45, 2.75) is 11.8 Å². The molecule has 2 rings (SSSR count). The van der Waals surface area contributed by atoms with E-state index in [1.54, 1.807) is 43.3 Å². The molecule has 0 spiro atoms. The summed E-state index contributed by atoms with van der Waals surface area (Å²) in [5.41, 5.74) is 0.542. The number of nitrogens with zero attached hydrogens (tertiary/aromatic N) is 1. The highest BCUT2D eigenvalue weighted by Crippen LogP contribution is 2.20. The van der Waals surface area contributed by atoms with Crippen LogP contribution < -0.4 is 10.1 Å². The number of benzene rings is 2. The summed E-state index contributed by atoms with van der Waals surface area (Å²) in [5, 5.41) is 2.68. The van der Waals surface area contributed by atoms with Crippen LogP contribution in [-0.2, 0) is 14.8 Å². The molecule has 0 unspecified atom stereocenters. The molecule has 0 aliphatic rings. The van der Waals surface area contributed by atoms with Crippen molar-refractivity contribution in [3.05, 3.63) is 53.0 Å². The van der Waals surface area contributed by atoms with E-state index in [9.17, 15) is 13.2 Å². The molecule has 1 N–H and O–H groups in total. The number of methoxy groups -OCH3 is 1. The van der Waals surface area contributed by atoms with E-state index in [1.165, 1.54) is 19.2 Å². The van der Waals surface area contributed by atoms with E-state index in [0.717, 1.165) is 4.31 Å². The van der Waals surface area contributed by atoms with Gasteiger partial charge in [0.25, 0.3) is 0 Å². The smallest absolute Gasteiger partial charge is 0.243 e. The normalized spacial score (nSPS) is 11.4. The van der Waals surface area contributed by atoms with Crippen LogP contribution in [0, 0.1) is 0 Å². The molecule has 1 amide bonds. The molecule has 8 heteroatoms. The van der Waals surface area contributed by atoms with Crippen LogP contribution in [0.5, 0.6) is 5.75 Å². The van der Waals surface area contributed by atoms with Gasteiger partial charge in [-0.1, -0.05) is 35.0 Å². The molecule has 0 aromatic heterocycles. The average Bonchev–Trinajstić information content (AvgIpc) is 2.59. The van der Waals surface area contributed by atoms with E-state index in [0.29, 0.717) is 15.9 Å². The quantitative estimate of drug-likeness (QED) is 0.737. The first-order valence-corrected chi connectivity index (χ1v) is 9.79. The van der Waals surface area contributed by atoms with Crippen molar-refractivity contribution < 1.29 is 17.9 Å². The van der Waals surface area contributed by atoms with Gasteiger partial charge in [0.15, 0.2) is 0 Å². The predicted octanol–water partition coefficient (Wildman–Crippen LogP) is 3.11. The van der Waals surface area contributed by atoms with Crippen LogP contribution in [0.3, 0.4) is 0 Å². The van der Waals surface area contributed by atoms with Crippen LogP contribution >= 0.6 is 15.9 Å². The van der Waals surface area contributed by atoms with E-state index >= 15 is 0 Å². The molecule has 134 valence electrons. The fourth-order valence-corrected chi connectivity index (χ4v) is 4.21. The number of nitrogens with one attached hydrogen (secondary N) is 1. The molecule has 0 aliphatic carbocycles. The van der Waals surface area contributed by atoms with E-state index in [2.05, 4.69) is 21.2 Å². The van der Waals surface area contributed by atoms with Gasteiger partial charge in [-0.2, -0.15) is 4.31 Å². The Hall–Kier alpha value is -1.90. The van der Waals surface area contributed by atoms with Crippen LogP contribution in [0.25, 0.3) is 0 Å². The molecular formula is C17H19BrN2O4S. The molecular weight excluding hydrogens is 408 g/mol. The van der Waals surface area contributed by atoms with Gasteiger partial charge in [0, 0.05) is 22.8 Å².